The van der Waals surface area contributed by atoms with Gasteiger partial charge in [-0.1, -0.05) is 0 Å². The van der Waals surface area contributed by atoms with E-state index in [1.807, 2.05) is 24.3 Å². The Morgan fingerprint density at radius 3 is 2.61 bits per heavy atom. The van der Waals surface area contributed by atoms with Gasteiger partial charge < -0.3 is 14.8 Å². The fourth-order valence-electron chi connectivity index (χ4n) is 1.88. The molecule has 3 rings (SSSR count). The number of hydrogen-bond acceptors (Lipinski definition) is 3. The van der Waals surface area contributed by atoms with Gasteiger partial charge >= 0.3 is 0 Å². The molecule has 0 unspecified atom stereocenters. The Morgan fingerprint density at radius 2 is 1.89 bits per heavy atom. The molecule has 2 aromatic carbocycles. The first-order valence-electron chi connectivity index (χ1n) is 5.59. The molecule has 0 fully saturated rings. The van der Waals surface area contributed by atoms with Crippen LogP contribution in [0.4, 0.5) is 0 Å². The first-order chi connectivity index (χ1) is 8.76. The van der Waals surface area contributed by atoms with Crippen LogP contribution in [0.15, 0.2) is 42.5 Å². The molecule has 0 aliphatic rings. The molecule has 4 nitrogen and oxygen atoms in total. The molecular formula is C14H12N2O2. The fourth-order valence-corrected chi connectivity index (χ4v) is 1.88. The zero-order valence-corrected chi connectivity index (χ0v) is 9.84. The van der Waals surface area contributed by atoms with Gasteiger partial charge in [-0.25, -0.2) is 4.98 Å². The lowest BCUT2D eigenvalue weighted by Gasteiger charge is -2.00. The Balaban J connectivity index is 2.07. The fraction of sp³-hybridized carbons (Fsp3) is 0.0714. The van der Waals surface area contributed by atoms with E-state index in [1.165, 1.54) is 0 Å². The van der Waals surface area contributed by atoms with E-state index in [9.17, 15) is 5.11 Å². The SMILES string of the molecule is COc1ccc(-c2nc3ccc(O)cc3[nH]2)cc1. The van der Waals surface area contributed by atoms with Crippen molar-refractivity contribution >= 4 is 11.0 Å². The summed E-state index contributed by atoms with van der Waals surface area (Å²) in [6, 6.07) is 12.7. The second kappa shape index (κ2) is 4.07. The molecule has 90 valence electrons. The van der Waals surface area contributed by atoms with Crippen LogP contribution in [0.1, 0.15) is 0 Å². The van der Waals surface area contributed by atoms with Gasteiger partial charge in [0.05, 0.1) is 18.1 Å². The third-order valence-corrected chi connectivity index (χ3v) is 2.83. The highest BCUT2D eigenvalue weighted by atomic mass is 16.5. The Bertz CT molecular complexity index is 687. The number of ether oxygens (including phenoxy) is 1. The molecule has 3 aromatic rings. The highest BCUT2D eigenvalue weighted by Gasteiger charge is 2.05. The van der Waals surface area contributed by atoms with E-state index < -0.39 is 0 Å². The second-order valence-electron chi connectivity index (χ2n) is 4.02. The number of phenolic OH excluding ortho intramolecular Hbond substituents is 1. The summed E-state index contributed by atoms with van der Waals surface area (Å²) in [5.74, 6) is 1.82. The van der Waals surface area contributed by atoms with Crippen LogP contribution in [-0.4, -0.2) is 22.2 Å². The summed E-state index contributed by atoms with van der Waals surface area (Å²) < 4.78 is 5.12. The van der Waals surface area contributed by atoms with Crippen LogP contribution in [0.25, 0.3) is 22.4 Å². The maximum absolute atomic E-state index is 9.41. The molecule has 4 heteroatoms. The minimum atomic E-state index is 0.229. The highest BCUT2D eigenvalue weighted by Crippen LogP contribution is 2.24. The third kappa shape index (κ3) is 1.78. The molecule has 0 amide bonds. The van der Waals surface area contributed by atoms with Gasteiger partial charge in [-0.3, -0.25) is 0 Å². The number of aromatic hydroxyl groups is 1. The number of imidazole rings is 1. The van der Waals surface area contributed by atoms with Gasteiger partial charge in [0.1, 0.15) is 17.3 Å². The van der Waals surface area contributed by atoms with Crippen molar-refractivity contribution in [2.45, 2.75) is 0 Å². The molecular weight excluding hydrogens is 228 g/mol. The summed E-state index contributed by atoms with van der Waals surface area (Å²) >= 11 is 0. The Labute approximate surface area is 104 Å². The highest BCUT2D eigenvalue weighted by molar-refractivity contribution is 5.80. The van der Waals surface area contributed by atoms with Crippen LogP contribution in [-0.2, 0) is 0 Å². The molecule has 0 bridgehead atoms. The van der Waals surface area contributed by atoms with Crippen molar-refractivity contribution < 1.29 is 9.84 Å². The average Bonchev–Trinajstić information content (AvgIpc) is 2.81. The van der Waals surface area contributed by atoms with E-state index in [-0.39, 0.29) is 5.75 Å². The Morgan fingerprint density at radius 1 is 1.11 bits per heavy atom. The van der Waals surface area contributed by atoms with Crippen molar-refractivity contribution in [2.24, 2.45) is 0 Å². The summed E-state index contributed by atoms with van der Waals surface area (Å²) in [6.07, 6.45) is 0. The van der Waals surface area contributed by atoms with Crippen molar-refractivity contribution in [3.63, 3.8) is 0 Å². The van der Waals surface area contributed by atoms with Gasteiger partial charge in [0.15, 0.2) is 0 Å². The van der Waals surface area contributed by atoms with E-state index in [0.717, 1.165) is 28.2 Å². The van der Waals surface area contributed by atoms with Crippen LogP contribution in [0.3, 0.4) is 0 Å². The van der Waals surface area contributed by atoms with Crippen LogP contribution >= 0.6 is 0 Å². The van der Waals surface area contributed by atoms with E-state index in [4.69, 9.17) is 4.74 Å². The van der Waals surface area contributed by atoms with E-state index >= 15 is 0 Å². The molecule has 1 heterocycles. The van der Waals surface area contributed by atoms with Crippen molar-refractivity contribution in [1.82, 2.24) is 9.97 Å². The predicted octanol–water partition coefficient (Wildman–Crippen LogP) is 2.94. The maximum Gasteiger partial charge on any atom is 0.138 e. The summed E-state index contributed by atoms with van der Waals surface area (Å²) in [5.41, 5.74) is 2.63. The van der Waals surface area contributed by atoms with E-state index in [0.29, 0.717) is 0 Å². The van der Waals surface area contributed by atoms with E-state index in [2.05, 4.69) is 9.97 Å². The number of phenols is 1. The number of benzene rings is 2. The van der Waals surface area contributed by atoms with Crippen molar-refractivity contribution in [3.8, 4) is 22.9 Å². The van der Waals surface area contributed by atoms with Crippen LogP contribution in [0, 0.1) is 0 Å². The molecule has 0 saturated carbocycles. The van der Waals surface area contributed by atoms with Gasteiger partial charge in [0.25, 0.3) is 0 Å². The number of hydrogen-bond donors (Lipinski definition) is 2. The number of H-pyrrole nitrogens is 1. The molecule has 0 saturated heterocycles. The monoisotopic (exact) mass is 240 g/mol. The number of fused-ring (bicyclic) bond motifs is 1. The normalized spacial score (nSPS) is 10.7. The topological polar surface area (TPSA) is 58.1 Å². The molecule has 2 N–H and O–H groups in total. The number of aromatic amines is 1. The van der Waals surface area contributed by atoms with Crippen LogP contribution in [0.5, 0.6) is 11.5 Å². The number of methoxy groups -OCH3 is 1. The van der Waals surface area contributed by atoms with Gasteiger partial charge in [0, 0.05) is 11.6 Å². The predicted molar refractivity (Wildman–Crippen MR) is 69.7 cm³/mol. The van der Waals surface area contributed by atoms with Gasteiger partial charge in [-0.15, -0.1) is 0 Å². The summed E-state index contributed by atoms with van der Waals surface area (Å²) in [6.45, 7) is 0. The first kappa shape index (κ1) is 10.7. The average molecular weight is 240 g/mol. The number of rotatable bonds is 2. The molecule has 0 radical (unpaired) electrons. The molecule has 0 aliphatic carbocycles. The van der Waals surface area contributed by atoms with Gasteiger partial charge in [0.2, 0.25) is 0 Å². The lowest BCUT2D eigenvalue weighted by atomic mass is 10.2. The maximum atomic E-state index is 9.41. The molecule has 0 aliphatic heterocycles. The smallest absolute Gasteiger partial charge is 0.138 e. The number of aromatic nitrogens is 2. The summed E-state index contributed by atoms with van der Waals surface area (Å²) in [4.78, 5) is 7.65. The Hall–Kier alpha value is -2.49. The number of nitrogens with one attached hydrogen (secondary N) is 1. The quantitative estimate of drug-likeness (QED) is 0.724. The number of nitrogens with zero attached hydrogens (tertiary/aromatic N) is 1. The molecule has 0 spiro atoms. The Kier molecular flexibility index (Phi) is 2.41. The lowest BCUT2D eigenvalue weighted by Crippen LogP contribution is -1.83. The zero-order valence-electron chi connectivity index (χ0n) is 9.84. The summed E-state index contributed by atoms with van der Waals surface area (Å²) in [7, 11) is 1.64. The third-order valence-electron chi connectivity index (χ3n) is 2.83. The molecule has 1 aromatic heterocycles. The molecule has 0 atom stereocenters. The summed E-state index contributed by atoms with van der Waals surface area (Å²) in [5, 5.41) is 9.41. The zero-order chi connectivity index (χ0) is 12.5. The van der Waals surface area contributed by atoms with Crippen molar-refractivity contribution in [2.75, 3.05) is 7.11 Å². The minimum absolute atomic E-state index is 0.229. The van der Waals surface area contributed by atoms with Crippen LogP contribution < -0.4 is 4.74 Å². The van der Waals surface area contributed by atoms with Crippen molar-refractivity contribution in [1.29, 1.82) is 0 Å². The standard InChI is InChI=1S/C14H12N2O2/c1-18-11-5-2-9(3-6-11)14-15-12-7-4-10(17)8-13(12)16-14/h2-8,17H,1H3,(H,15,16). The molecule has 18 heavy (non-hydrogen) atoms. The van der Waals surface area contributed by atoms with Gasteiger partial charge in [-0.05, 0) is 36.4 Å². The van der Waals surface area contributed by atoms with Crippen molar-refractivity contribution in [3.05, 3.63) is 42.5 Å². The van der Waals surface area contributed by atoms with E-state index in [1.54, 1.807) is 25.3 Å². The second-order valence-corrected chi connectivity index (χ2v) is 4.02. The van der Waals surface area contributed by atoms with Gasteiger partial charge in [-0.2, -0.15) is 0 Å². The first-order valence-corrected chi connectivity index (χ1v) is 5.59. The minimum Gasteiger partial charge on any atom is -0.508 e. The largest absolute Gasteiger partial charge is 0.508 e. The lowest BCUT2D eigenvalue weighted by molar-refractivity contribution is 0.415. The van der Waals surface area contributed by atoms with Crippen LogP contribution in [0.2, 0.25) is 0 Å².